The number of aliphatic hydroxyl groups excluding tert-OH is 1. The SMILES string of the molecule is CC(C)OP(=O)(OC(C)C)[C@@H](O)c1ccsc1. The molecule has 0 aliphatic rings. The average molecular weight is 278 g/mol. The van der Waals surface area contributed by atoms with Crippen molar-refractivity contribution in [2.75, 3.05) is 0 Å². The van der Waals surface area contributed by atoms with Crippen LogP contribution in [0.1, 0.15) is 39.1 Å². The first kappa shape index (κ1) is 14.9. The first-order valence-corrected chi connectivity index (χ1v) is 8.07. The van der Waals surface area contributed by atoms with Crippen molar-refractivity contribution in [2.45, 2.75) is 45.7 Å². The Morgan fingerprint density at radius 3 is 2.12 bits per heavy atom. The third-order valence-corrected chi connectivity index (χ3v) is 4.89. The number of hydrogen-bond donors (Lipinski definition) is 1. The smallest absolute Gasteiger partial charge is 0.363 e. The van der Waals surface area contributed by atoms with Gasteiger partial charge in [0.25, 0.3) is 0 Å². The Bertz CT molecular complexity index is 361. The Labute approximate surface area is 106 Å². The van der Waals surface area contributed by atoms with E-state index < -0.39 is 13.4 Å². The summed E-state index contributed by atoms with van der Waals surface area (Å²) in [6.45, 7) is 7.04. The predicted molar refractivity (Wildman–Crippen MR) is 69.3 cm³/mol. The first-order valence-electron chi connectivity index (χ1n) is 5.52. The zero-order chi connectivity index (χ0) is 13.1. The highest BCUT2D eigenvalue weighted by Gasteiger charge is 2.38. The summed E-state index contributed by atoms with van der Waals surface area (Å²) in [5, 5.41) is 13.7. The highest BCUT2D eigenvalue weighted by molar-refractivity contribution is 7.54. The summed E-state index contributed by atoms with van der Waals surface area (Å²) in [4.78, 5) is 0. The molecule has 98 valence electrons. The minimum atomic E-state index is -3.55. The predicted octanol–water partition coefficient (Wildman–Crippen LogP) is 3.78. The van der Waals surface area contributed by atoms with Crippen LogP contribution < -0.4 is 0 Å². The van der Waals surface area contributed by atoms with E-state index in [4.69, 9.17) is 9.05 Å². The molecule has 17 heavy (non-hydrogen) atoms. The van der Waals surface area contributed by atoms with E-state index in [-0.39, 0.29) is 12.2 Å². The fourth-order valence-electron chi connectivity index (χ4n) is 1.33. The van der Waals surface area contributed by atoms with Gasteiger partial charge in [-0.15, -0.1) is 0 Å². The summed E-state index contributed by atoms with van der Waals surface area (Å²) in [5.74, 6) is -1.22. The van der Waals surface area contributed by atoms with Crippen LogP contribution in [-0.2, 0) is 13.6 Å². The highest BCUT2D eigenvalue weighted by atomic mass is 32.1. The van der Waals surface area contributed by atoms with E-state index in [0.717, 1.165) is 0 Å². The third-order valence-electron chi connectivity index (χ3n) is 1.86. The van der Waals surface area contributed by atoms with Gasteiger partial charge < -0.3 is 14.2 Å². The first-order chi connectivity index (χ1) is 7.85. The van der Waals surface area contributed by atoms with Crippen LogP contribution >= 0.6 is 18.9 Å². The molecule has 0 aromatic carbocycles. The monoisotopic (exact) mass is 278 g/mol. The second-order valence-corrected chi connectivity index (χ2v) is 7.05. The van der Waals surface area contributed by atoms with E-state index in [9.17, 15) is 9.67 Å². The topological polar surface area (TPSA) is 55.8 Å². The number of rotatable bonds is 6. The number of hydrogen-bond acceptors (Lipinski definition) is 5. The van der Waals surface area contributed by atoms with Crippen molar-refractivity contribution in [1.29, 1.82) is 0 Å². The van der Waals surface area contributed by atoms with Crippen LogP contribution in [0.4, 0.5) is 0 Å². The van der Waals surface area contributed by atoms with Crippen molar-refractivity contribution in [3.05, 3.63) is 22.4 Å². The molecule has 1 rings (SSSR count). The Morgan fingerprint density at radius 1 is 1.24 bits per heavy atom. The molecule has 0 saturated heterocycles. The lowest BCUT2D eigenvalue weighted by Crippen LogP contribution is -2.13. The molecule has 0 aliphatic heterocycles. The number of thiophene rings is 1. The van der Waals surface area contributed by atoms with E-state index in [1.807, 2.05) is 5.38 Å². The van der Waals surface area contributed by atoms with Gasteiger partial charge in [-0.05, 0) is 44.5 Å². The van der Waals surface area contributed by atoms with Crippen molar-refractivity contribution in [2.24, 2.45) is 0 Å². The van der Waals surface area contributed by atoms with Gasteiger partial charge in [-0.25, -0.2) is 0 Å². The molecule has 1 heterocycles. The highest BCUT2D eigenvalue weighted by Crippen LogP contribution is 2.61. The van der Waals surface area contributed by atoms with Crippen LogP contribution in [0.3, 0.4) is 0 Å². The van der Waals surface area contributed by atoms with Crippen molar-refractivity contribution in [3.63, 3.8) is 0 Å². The fourth-order valence-corrected chi connectivity index (χ4v) is 4.09. The Morgan fingerprint density at radius 2 is 1.76 bits per heavy atom. The van der Waals surface area contributed by atoms with Gasteiger partial charge in [-0.3, -0.25) is 4.57 Å². The molecule has 0 amide bonds. The zero-order valence-electron chi connectivity index (χ0n) is 10.5. The summed E-state index contributed by atoms with van der Waals surface area (Å²) in [5.41, 5.74) is 0.569. The van der Waals surface area contributed by atoms with Crippen LogP contribution in [0.25, 0.3) is 0 Å². The van der Waals surface area contributed by atoms with Crippen LogP contribution in [0.15, 0.2) is 16.8 Å². The molecular formula is C11H19O4PS. The van der Waals surface area contributed by atoms with Gasteiger partial charge in [0.1, 0.15) is 0 Å². The Kier molecular flexibility index (Phi) is 5.35. The van der Waals surface area contributed by atoms with Crippen LogP contribution in [0.2, 0.25) is 0 Å². The molecule has 4 nitrogen and oxygen atoms in total. The Hall–Kier alpha value is -0.190. The minimum Gasteiger partial charge on any atom is -0.376 e. The molecule has 0 saturated carbocycles. The molecule has 0 fully saturated rings. The second kappa shape index (κ2) is 6.12. The third kappa shape index (κ3) is 4.19. The van der Waals surface area contributed by atoms with Gasteiger partial charge in [0.15, 0.2) is 5.85 Å². The van der Waals surface area contributed by atoms with Crippen LogP contribution in [0, 0.1) is 0 Å². The van der Waals surface area contributed by atoms with Crippen LogP contribution in [-0.4, -0.2) is 17.3 Å². The van der Waals surface area contributed by atoms with Crippen molar-refractivity contribution >= 4 is 18.9 Å². The summed E-state index contributed by atoms with van der Waals surface area (Å²) in [6.07, 6.45) is -0.541. The van der Waals surface area contributed by atoms with Gasteiger partial charge in [0.2, 0.25) is 0 Å². The lowest BCUT2D eigenvalue weighted by molar-refractivity contribution is 0.101. The largest absolute Gasteiger partial charge is 0.376 e. The second-order valence-electron chi connectivity index (χ2n) is 4.28. The van der Waals surface area contributed by atoms with Crippen LogP contribution in [0.5, 0.6) is 0 Å². The summed E-state index contributed by atoms with van der Waals surface area (Å²) in [7, 11) is -3.55. The molecule has 0 unspecified atom stereocenters. The molecular weight excluding hydrogens is 259 g/mol. The standard InChI is InChI=1S/C11H19O4PS/c1-8(2)14-16(13,15-9(3)4)11(12)10-5-6-17-7-10/h5-9,11-12H,1-4H3/t11-/m1/s1. The molecule has 0 bridgehead atoms. The van der Waals surface area contributed by atoms with E-state index in [2.05, 4.69) is 0 Å². The van der Waals surface area contributed by atoms with E-state index in [1.54, 1.807) is 39.1 Å². The van der Waals surface area contributed by atoms with Gasteiger partial charge >= 0.3 is 7.60 Å². The molecule has 1 aromatic rings. The molecule has 1 aromatic heterocycles. The van der Waals surface area contributed by atoms with Gasteiger partial charge in [0.05, 0.1) is 12.2 Å². The van der Waals surface area contributed by atoms with Crippen molar-refractivity contribution in [3.8, 4) is 0 Å². The van der Waals surface area contributed by atoms with E-state index >= 15 is 0 Å². The van der Waals surface area contributed by atoms with Crippen molar-refractivity contribution in [1.82, 2.24) is 0 Å². The summed E-state index contributed by atoms with van der Waals surface area (Å²) in [6, 6.07) is 1.72. The maximum atomic E-state index is 12.5. The quantitative estimate of drug-likeness (QED) is 0.804. The molecule has 1 atom stereocenters. The number of aliphatic hydroxyl groups is 1. The average Bonchev–Trinajstić information content (AvgIpc) is 2.66. The maximum absolute atomic E-state index is 12.5. The lowest BCUT2D eigenvalue weighted by atomic mass is 10.4. The normalized spacial score (nSPS) is 14.5. The summed E-state index contributed by atoms with van der Waals surface area (Å²) >= 11 is 1.43. The van der Waals surface area contributed by atoms with E-state index in [0.29, 0.717) is 5.56 Å². The van der Waals surface area contributed by atoms with Gasteiger partial charge in [0, 0.05) is 5.56 Å². The van der Waals surface area contributed by atoms with Gasteiger partial charge in [-0.2, -0.15) is 11.3 Å². The summed E-state index contributed by atoms with van der Waals surface area (Å²) < 4.78 is 23.2. The maximum Gasteiger partial charge on any atom is 0.363 e. The van der Waals surface area contributed by atoms with Crippen molar-refractivity contribution < 1.29 is 18.7 Å². The molecule has 1 N–H and O–H groups in total. The van der Waals surface area contributed by atoms with Gasteiger partial charge in [-0.1, -0.05) is 0 Å². The molecule has 6 heteroatoms. The Balaban J connectivity index is 2.93. The molecule has 0 radical (unpaired) electrons. The zero-order valence-corrected chi connectivity index (χ0v) is 12.2. The molecule has 0 aliphatic carbocycles. The fraction of sp³-hybridized carbons (Fsp3) is 0.636. The lowest BCUT2D eigenvalue weighted by Gasteiger charge is -2.26. The molecule has 0 spiro atoms. The van der Waals surface area contributed by atoms with E-state index in [1.165, 1.54) is 11.3 Å². The minimum absolute atomic E-state index is 0.270.